The van der Waals surface area contributed by atoms with Crippen LogP contribution in [0.2, 0.25) is 0 Å². The summed E-state index contributed by atoms with van der Waals surface area (Å²) in [7, 11) is 0. The molecule has 0 aromatic carbocycles. The summed E-state index contributed by atoms with van der Waals surface area (Å²) in [6, 6.07) is 4.99. The van der Waals surface area contributed by atoms with Gasteiger partial charge in [-0.15, -0.1) is 11.3 Å². The maximum atomic E-state index is 12.3. The van der Waals surface area contributed by atoms with Gasteiger partial charge in [-0.05, 0) is 18.1 Å². The van der Waals surface area contributed by atoms with E-state index in [0.717, 1.165) is 5.69 Å². The molecule has 0 bridgehead atoms. The topological polar surface area (TPSA) is 84.0 Å². The first-order valence-corrected chi connectivity index (χ1v) is 7.80. The Balaban J connectivity index is 2.09. The van der Waals surface area contributed by atoms with E-state index >= 15 is 0 Å². The number of nitrogens with zero attached hydrogens (tertiary/aromatic N) is 2. The number of rotatable bonds is 5. The van der Waals surface area contributed by atoms with Crippen LogP contribution in [0.25, 0.3) is 11.4 Å². The molecule has 0 aliphatic carbocycles. The number of carbonyl (C=O) groups is 2. The molecule has 0 saturated carbocycles. The molecule has 6 nitrogen and oxygen atoms in total. The van der Waals surface area contributed by atoms with Gasteiger partial charge in [-0.25, -0.2) is 4.98 Å². The third-order valence-electron chi connectivity index (χ3n) is 2.97. The van der Waals surface area contributed by atoms with Crippen LogP contribution in [0.1, 0.15) is 20.8 Å². The number of aromatic nitrogens is 2. The number of pyridine rings is 1. The molecule has 22 heavy (non-hydrogen) atoms. The van der Waals surface area contributed by atoms with Crippen molar-refractivity contribution in [3.63, 3.8) is 0 Å². The molecular weight excluding hydrogens is 300 g/mol. The molecule has 0 fully saturated rings. The second-order valence-electron chi connectivity index (χ2n) is 5.16. The molecule has 0 aliphatic heterocycles. The summed E-state index contributed by atoms with van der Waals surface area (Å²) in [5.41, 5.74) is 1.46. The molecule has 2 heterocycles. The second-order valence-corrected chi connectivity index (χ2v) is 6.02. The van der Waals surface area contributed by atoms with E-state index in [-0.39, 0.29) is 17.7 Å². The molecule has 116 valence electrons. The third kappa shape index (κ3) is 4.11. The summed E-state index contributed by atoms with van der Waals surface area (Å²) < 4.78 is 0. The van der Waals surface area contributed by atoms with Gasteiger partial charge in [0.05, 0.1) is 5.69 Å². The lowest BCUT2D eigenvalue weighted by atomic mass is 10.0. The SMILES string of the molecule is CC(=O)NC(C(=O)Nc1nc(-c2ccccn2)cs1)C(C)C. The highest BCUT2D eigenvalue weighted by molar-refractivity contribution is 7.14. The molecule has 0 spiro atoms. The first-order valence-electron chi connectivity index (χ1n) is 6.92. The molecule has 0 saturated heterocycles. The highest BCUT2D eigenvalue weighted by Gasteiger charge is 2.23. The van der Waals surface area contributed by atoms with Gasteiger partial charge < -0.3 is 10.6 Å². The number of carbonyl (C=O) groups excluding carboxylic acids is 2. The fourth-order valence-electron chi connectivity index (χ4n) is 1.90. The van der Waals surface area contributed by atoms with Crippen LogP contribution in [0.5, 0.6) is 0 Å². The lowest BCUT2D eigenvalue weighted by molar-refractivity contribution is -0.126. The van der Waals surface area contributed by atoms with Crippen LogP contribution in [0.4, 0.5) is 5.13 Å². The van der Waals surface area contributed by atoms with Gasteiger partial charge >= 0.3 is 0 Å². The average molecular weight is 318 g/mol. The van der Waals surface area contributed by atoms with Gasteiger partial charge in [-0.3, -0.25) is 14.6 Å². The Bertz CT molecular complexity index is 655. The third-order valence-corrected chi connectivity index (χ3v) is 3.73. The van der Waals surface area contributed by atoms with Crippen molar-refractivity contribution in [2.75, 3.05) is 5.32 Å². The number of nitrogens with one attached hydrogen (secondary N) is 2. The minimum atomic E-state index is -0.584. The van der Waals surface area contributed by atoms with Crippen LogP contribution >= 0.6 is 11.3 Å². The van der Waals surface area contributed by atoms with Crippen LogP contribution in [0, 0.1) is 5.92 Å². The van der Waals surface area contributed by atoms with Crippen LogP contribution in [-0.2, 0) is 9.59 Å². The molecule has 2 aromatic rings. The fourth-order valence-corrected chi connectivity index (χ4v) is 2.61. The monoisotopic (exact) mass is 318 g/mol. The zero-order valence-electron chi connectivity index (χ0n) is 12.7. The fraction of sp³-hybridized carbons (Fsp3) is 0.333. The number of amides is 2. The maximum absolute atomic E-state index is 12.3. The molecule has 2 N–H and O–H groups in total. The Morgan fingerprint density at radius 2 is 2.00 bits per heavy atom. The van der Waals surface area contributed by atoms with Gasteiger partial charge in [0.15, 0.2) is 5.13 Å². The van der Waals surface area contributed by atoms with Crippen molar-refractivity contribution < 1.29 is 9.59 Å². The molecule has 2 amide bonds. The quantitative estimate of drug-likeness (QED) is 0.886. The largest absolute Gasteiger partial charge is 0.344 e. The molecule has 2 aromatic heterocycles. The van der Waals surface area contributed by atoms with Gasteiger partial charge in [0, 0.05) is 18.5 Å². The van der Waals surface area contributed by atoms with Crippen molar-refractivity contribution in [2.24, 2.45) is 5.92 Å². The van der Waals surface area contributed by atoms with Crippen LogP contribution in [0.3, 0.4) is 0 Å². The minimum absolute atomic E-state index is 0.0147. The smallest absolute Gasteiger partial charge is 0.248 e. The Hall–Kier alpha value is -2.28. The van der Waals surface area contributed by atoms with Gasteiger partial charge in [0.1, 0.15) is 11.7 Å². The van der Waals surface area contributed by atoms with E-state index in [9.17, 15) is 9.59 Å². The molecule has 7 heteroatoms. The summed E-state index contributed by atoms with van der Waals surface area (Å²) in [5.74, 6) is -0.520. The van der Waals surface area contributed by atoms with Crippen molar-refractivity contribution in [2.45, 2.75) is 26.8 Å². The molecule has 1 unspecified atom stereocenters. The van der Waals surface area contributed by atoms with Gasteiger partial charge in [-0.1, -0.05) is 19.9 Å². The Morgan fingerprint density at radius 3 is 2.59 bits per heavy atom. The van der Waals surface area contributed by atoms with E-state index in [4.69, 9.17) is 0 Å². The van der Waals surface area contributed by atoms with Gasteiger partial charge in [0.2, 0.25) is 11.8 Å². The lowest BCUT2D eigenvalue weighted by Crippen LogP contribution is -2.46. The lowest BCUT2D eigenvalue weighted by Gasteiger charge is -2.20. The standard InChI is InChI=1S/C15H18N4O2S/c1-9(2)13(17-10(3)20)14(21)19-15-18-12(8-22-15)11-6-4-5-7-16-11/h4-9,13H,1-3H3,(H,17,20)(H,18,19,21). The number of hydrogen-bond acceptors (Lipinski definition) is 5. The summed E-state index contributed by atoms with van der Waals surface area (Å²) in [5, 5.41) is 7.72. The first-order chi connectivity index (χ1) is 10.5. The summed E-state index contributed by atoms with van der Waals surface area (Å²) in [6.45, 7) is 5.15. The molecule has 2 rings (SSSR count). The molecule has 0 aliphatic rings. The van der Waals surface area contributed by atoms with Gasteiger partial charge in [-0.2, -0.15) is 0 Å². The first kappa shape index (κ1) is 16.1. The van der Waals surface area contributed by atoms with Crippen LogP contribution in [0.15, 0.2) is 29.8 Å². The summed E-state index contributed by atoms with van der Waals surface area (Å²) >= 11 is 1.32. The van der Waals surface area contributed by atoms with Crippen LogP contribution < -0.4 is 10.6 Å². The highest BCUT2D eigenvalue weighted by Crippen LogP contribution is 2.23. The predicted octanol–water partition coefficient (Wildman–Crippen LogP) is 2.30. The molecule has 1 atom stereocenters. The zero-order valence-corrected chi connectivity index (χ0v) is 13.5. The van der Waals surface area contributed by atoms with E-state index in [1.165, 1.54) is 18.3 Å². The minimum Gasteiger partial charge on any atom is -0.344 e. The predicted molar refractivity (Wildman–Crippen MR) is 86.4 cm³/mol. The van der Waals surface area contributed by atoms with Crippen molar-refractivity contribution in [3.05, 3.63) is 29.8 Å². The van der Waals surface area contributed by atoms with Crippen molar-refractivity contribution in [1.82, 2.24) is 15.3 Å². The average Bonchev–Trinajstić information content (AvgIpc) is 2.93. The zero-order chi connectivity index (χ0) is 16.1. The van der Waals surface area contributed by atoms with Crippen LogP contribution in [-0.4, -0.2) is 27.8 Å². The number of anilines is 1. The Morgan fingerprint density at radius 1 is 1.23 bits per heavy atom. The summed E-state index contributed by atoms with van der Waals surface area (Å²) in [6.07, 6.45) is 1.69. The van der Waals surface area contributed by atoms with Crippen molar-refractivity contribution in [3.8, 4) is 11.4 Å². The van der Waals surface area contributed by atoms with E-state index < -0.39 is 6.04 Å². The number of hydrogen-bond donors (Lipinski definition) is 2. The van der Waals surface area contributed by atoms with E-state index in [1.54, 1.807) is 6.20 Å². The van der Waals surface area contributed by atoms with E-state index in [2.05, 4.69) is 20.6 Å². The number of thiazole rings is 1. The van der Waals surface area contributed by atoms with Crippen molar-refractivity contribution >= 4 is 28.3 Å². The summed E-state index contributed by atoms with van der Waals surface area (Å²) in [4.78, 5) is 32.0. The molecule has 0 radical (unpaired) electrons. The normalized spacial score (nSPS) is 12.0. The van der Waals surface area contributed by atoms with E-state index in [1.807, 2.05) is 37.4 Å². The van der Waals surface area contributed by atoms with Crippen molar-refractivity contribution in [1.29, 1.82) is 0 Å². The van der Waals surface area contributed by atoms with Gasteiger partial charge in [0.25, 0.3) is 0 Å². The maximum Gasteiger partial charge on any atom is 0.248 e. The van der Waals surface area contributed by atoms with E-state index in [0.29, 0.717) is 10.8 Å². The Labute approximate surface area is 133 Å². The second kappa shape index (κ2) is 7.13. The highest BCUT2D eigenvalue weighted by atomic mass is 32.1. The Kier molecular flexibility index (Phi) is 5.21. The molecular formula is C15H18N4O2S.